The number of carbonyl (C=O) groups is 1. The molecule has 3 radical (unpaired) electrons. The minimum Gasteiger partial charge on any atom is -0.480 e. The Morgan fingerprint density at radius 2 is 1.75 bits per heavy atom. The van der Waals surface area contributed by atoms with Crippen LogP contribution in [-0.2, 0) is 37.4 Å². The molecule has 7 heteroatoms. The van der Waals surface area contributed by atoms with Gasteiger partial charge >= 0.3 is 5.97 Å². The Labute approximate surface area is 129 Å². The van der Waals surface area contributed by atoms with Gasteiger partial charge in [-0.15, -0.1) is 0 Å². The summed E-state index contributed by atoms with van der Waals surface area (Å²) in [5.74, 6) is -0.959. The van der Waals surface area contributed by atoms with Crippen LogP contribution in [-0.4, -0.2) is 39.1 Å². The first kappa shape index (κ1) is 21.6. The summed E-state index contributed by atoms with van der Waals surface area (Å²) >= 11 is 3.64. The van der Waals surface area contributed by atoms with Crippen LogP contribution in [0.4, 0.5) is 0 Å². The SMILES string of the molecule is N[C@@H](Cc1ccccc1)C(=O)O.OCl.[Al].[Zr]. The monoisotopic (exact) mass is 334 g/mol. The van der Waals surface area contributed by atoms with Crippen LogP contribution in [0.2, 0.25) is 0 Å². The molecule has 0 bridgehead atoms. The van der Waals surface area contributed by atoms with Crippen LogP contribution in [0.5, 0.6) is 0 Å². The maximum absolute atomic E-state index is 10.4. The Kier molecular flexibility index (Phi) is 18.1. The summed E-state index contributed by atoms with van der Waals surface area (Å²) in [5, 5.41) is 8.52. The van der Waals surface area contributed by atoms with Gasteiger partial charge in [-0.25, -0.2) is 0 Å². The van der Waals surface area contributed by atoms with Crippen LogP contribution >= 0.6 is 11.9 Å². The Hall–Kier alpha value is 0.316. The first-order valence-corrected chi connectivity index (χ1v) is 4.23. The first-order chi connectivity index (χ1) is 6.70. The van der Waals surface area contributed by atoms with Crippen LogP contribution in [0.15, 0.2) is 30.3 Å². The summed E-state index contributed by atoms with van der Waals surface area (Å²) in [6, 6.07) is 8.54. The second-order valence-electron chi connectivity index (χ2n) is 2.63. The normalized spacial score (nSPS) is 9.69. The van der Waals surface area contributed by atoms with E-state index in [-0.39, 0.29) is 43.6 Å². The molecular weight excluding hydrogens is 324 g/mol. The van der Waals surface area contributed by atoms with Crippen molar-refractivity contribution in [1.82, 2.24) is 0 Å². The Morgan fingerprint density at radius 1 is 1.31 bits per heavy atom. The van der Waals surface area contributed by atoms with Gasteiger partial charge in [0.2, 0.25) is 0 Å². The van der Waals surface area contributed by atoms with Gasteiger partial charge in [-0.1, -0.05) is 30.3 Å². The predicted octanol–water partition coefficient (Wildman–Crippen LogP) is 0.390. The summed E-state index contributed by atoms with van der Waals surface area (Å²) in [7, 11) is 0. The van der Waals surface area contributed by atoms with E-state index in [0.717, 1.165) is 5.56 Å². The molecule has 1 aromatic carbocycles. The standard InChI is InChI=1S/C9H11NO2.Al.ClHO.Zr/c10-8(9(11)12)6-7-4-2-1-3-5-7;;1-2;/h1-5,8H,6,10H2,(H,11,12);;2H;/t8-;;;/m0.../s1. The van der Waals surface area contributed by atoms with Crippen molar-refractivity contribution in [2.75, 3.05) is 0 Å². The number of hydrogen-bond acceptors (Lipinski definition) is 3. The maximum Gasteiger partial charge on any atom is 0.320 e. The average molecular weight is 336 g/mol. The fourth-order valence-corrected chi connectivity index (χ4v) is 0.955. The van der Waals surface area contributed by atoms with Crippen LogP contribution in [0, 0.1) is 0 Å². The Morgan fingerprint density at radius 3 is 2.12 bits per heavy atom. The smallest absolute Gasteiger partial charge is 0.320 e. The molecule has 0 saturated carbocycles. The third-order valence-electron chi connectivity index (χ3n) is 1.62. The van der Waals surface area contributed by atoms with Gasteiger partial charge in [-0.2, -0.15) is 0 Å². The third-order valence-corrected chi connectivity index (χ3v) is 1.62. The molecule has 0 aliphatic carbocycles. The molecule has 1 aromatic rings. The minimum atomic E-state index is -0.959. The third kappa shape index (κ3) is 9.54. The molecule has 0 saturated heterocycles. The number of hydrogen-bond donors (Lipinski definition) is 3. The molecule has 1 atom stereocenters. The first-order valence-electron chi connectivity index (χ1n) is 3.89. The largest absolute Gasteiger partial charge is 0.480 e. The molecule has 16 heavy (non-hydrogen) atoms. The summed E-state index contributed by atoms with van der Waals surface area (Å²) < 4.78 is 6.47. The summed E-state index contributed by atoms with van der Waals surface area (Å²) in [4.78, 5) is 10.4. The van der Waals surface area contributed by atoms with Gasteiger partial charge in [0, 0.05) is 43.6 Å². The summed E-state index contributed by atoms with van der Waals surface area (Å²) in [6.45, 7) is 0. The molecule has 0 heterocycles. The molecule has 4 N–H and O–H groups in total. The quantitative estimate of drug-likeness (QED) is 0.698. The van der Waals surface area contributed by atoms with Gasteiger partial charge in [0.1, 0.15) is 6.04 Å². The molecule has 1 rings (SSSR count). The second-order valence-corrected chi connectivity index (χ2v) is 2.63. The number of nitrogens with two attached hydrogens (primary N) is 1. The van der Waals surface area contributed by atoms with E-state index in [9.17, 15) is 4.79 Å². The molecule has 85 valence electrons. The van der Waals surface area contributed by atoms with E-state index in [4.69, 9.17) is 15.5 Å². The van der Waals surface area contributed by atoms with Crippen molar-refractivity contribution < 1.29 is 40.8 Å². The van der Waals surface area contributed by atoms with Gasteiger partial charge in [-0.05, 0) is 12.0 Å². The van der Waals surface area contributed by atoms with Crippen LogP contribution in [0.3, 0.4) is 0 Å². The zero-order chi connectivity index (χ0) is 11.0. The Balaban J connectivity index is -0.000000399. The van der Waals surface area contributed by atoms with E-state index < -0.39 is 12.0 Å². The van der Waals surface area contributed by atoms with Gasteiger partial charge < -0.3 is 10.8 Å². The molecular formula is C9H12AlClNO3Zr. The number of rotatable bonds is 3. The molecule has 0 unspecified atom stereocenters. The van der Waals surface area contributed by atoms with Crippen LogP contribution in [0.25, 0.3) is 0 Å². The van der Waals surface area contributed by atoms with Crippen molar-refractivity contribution >= 4 is 35.2 Å². The van der Waals surface area contributed by atoms with Crippen molar-refractivity contribution in [3.63, 3.8) is 0 Å². The number of carboxylic acid groups (broad SMARTS) is 1. The van der Waals surface area contributed by atoms with E-state index in [1.165, 1.54) is 0 Å². The van der Waals surface area contributed by atoms with Crippen molar-refractivity contribution in [1.29, 1.82) is 0 Å². The van der Waals surface area contributed by atoms with E-state index in [0.29, 0.717) is 6.42 Å². The molecule has 0 spiro atoms. The molecule has 0 aromatic heterocycles. The minimum absolute atomic E-state index is 0. The fourth-order valence-electron chi connectivity index (χ4n) is 0.955. The van der Waals surface area contributed by atoms with Crippen LogP contribution < -0.4 is 5.73 Å². The van der Waals surface area contributed by atoms with Gasteiger partial charge in [-0.3, -0.25) is 9.45 Å². The number of benzene rings is 1. The van der Waals surface area contributed by atoms with Crippen molar-refractivity contribution in [2.45, 2.75) is 12.5 Å². The predicted molar refractivity (Wildman–Crippen MR) is 59.6 cm³/mol. The second kappa shape index (κ2) is 13.4. The maximum atomic E-state index is 10.4. The van der Waals surface area contributed by atoms with Crippen molar-refractivity contribution in [3.8, 4) is 0 Å². The molecule has 0 aliphatic heterocycles. The average Bonchev–Trinajstić information content (AvgIpc) is 2.22. The van der Waals surface area contributed by atoms with Crippen LogP contribution in [0.1, 0.15) is 5.56 Å². The molecule has 0 aliphatic rings. The van der Waals surface area contributed by atoms with Crippen molar-refractivity contribution in [2.24, 2.45) is 5.73 Å². The molecule has 4 nitrogen and oxygen atoms in total. The van der Waals surface area contributed by atoms with Gasteiger partial charge in [0.05, 0.1) is 11.9 Å². The summed E-state index contributed by atoms with van der Waals surface area (Å²) in [6.07, 6.45) is 0.385. The zero-order valence-corrected chi connectivity index (χ0v) is 12.9. The number of carboxylic acids is 1. The Bertz CT molecular complexity index is 277. The van der Waals surface area contributed by atoms with Gasteiger partial charge in [0.25, 0.3) is 0 Å². The molecule has 0 fully saturated rings. The van der Waals surface area contributed by atoms with E-state index in [2.05, 4.69) is 11.9 Å². The number of aliphatic carboxylic acids is 1. The fraction of sp³-hybridized carbons (Fsp3) is 0.222. The topological polar surface area (TPSA) is 83.6 Å². The van der Waals surface area contributed by atoms with E-state index in [1.807, 2.05) is 30.3 Å². The zero-order valence-electron chi connectivity index (χ0n) is 8.51. The van der Waals surface area contributed by atoms with Crippen molar-refractivity contribution in [3.05, 3.63) is 35.9 Å². The van der Waals surface area contributed by atoms with Gasteiger partial charge in [0.15, 0.2) is 0 Å². The van der Waals surface area contributed by atoms with E-state index >= 15 is 0 Å². The summed E-state index contributed by atoms with van der Waals surface area (Å²) in [5.41, 5.74) is 6.30. The van der Waals surface area contributed by atoms with E-state index in [1.54, 1.807) is 0 Å². The molecule has 0 amide bonds. The number of halogens is 1.